The molecule has 2 aromatic carbocycles. The molecule has 0 atom stereocenters. The van der Waals surface area contributed by atoms with Crippen molar-refractivity contribution in [1.29, 1.82) is 0 Å². The number of hydrogen-bond acceptors (Lipinski definition) is 7. The van der Waals surface area contributed by atoms with E-state index in [-0.39, 0.29) is 35.0 Å². The van der Waals surface area contributed by atoms with E-state index in [1.165, 1.54) is 25.5 Å². The van der Waals surface area contributed by atoms with E-state index >= 15 is 0 Å². The summed E-state index contributed by atoms with van der Waals surface area (Å²) in [6.45, 7) is 0.0984. The Morgan fingerprint density at radius 2 is 1.81 bits per heavy atom. The summed E-state index contributed by atoms with van der Waals surface area (Å²) in [6.07, 6.45) is 2.83. The van der Waals surface area contributed by atoms with Gasteiger partial charge in [0.15, 0.2) is 0 Å². The molecule has 0 aliphatic heterocycles. The summed E-state index contributed by atoms with van der Waals surface area (Å²) in [6, 6.07) is 19.0. The van der Waals surface area contributed by atoms with E-state index in [1.807, 2.05) is 0 Å². The minimum atomic E-state index is -0.586. The van der Waals surface area contributed by atoms with Crippen molar-refractivity contribution in [2.75, 3.05) is 7.11 Å². The van der Waals surface area contributed by atoms with Gasteiger partial charge in [-0.25, -0.2) is 0 Å². The number of rotatable bonds is 9. The quantitative estimate of drug-likeness (QED) is 0.201. The summed E-state index contributed by atoms with van der Waals surface area (Å²) in [5.74, 6) is 0.448. The van der Waals surface area contributed by atoms with E-state index in [4.69, 9.17) is 13.6 Å². The smallest absolute Gasteiger partial charge is 0.280 e. The van der Waals surface area contributed by atoms with Gasteiger partial charge in [0, 0.05) is 17.7 Å². The van der Waals surface area contributed by atoms with Crippen LogP contribution in [0.5, 0.6) is 5.75 Å². The number of methoxy groups -OCH3 is 1. The Bertz CT molecular complexity index is 1400. The SMILES string of the molecule is COc1ccc(C(=O)NC(=Cc2ccc(-c3ccccc3[N+](=O)[O-])o2)C(=O)NCc2ccco2)cc1. The monoisotopic (exact) mass is 487 g/mol. The number of carbonyl (C=O) groups is 2. The van der Waals surface area contributed by atoms with Crippen LogP contribution < -0.4 is 15.4 Å². The lowest BCUT2D eigenvalue weighted by Crippen LogP contribution is -2.34. The molecule has 36 heavy (non-hydrogen) atoms. The number of para-hydroxylation sites is 1. The molecule has 0 unspecified atom stereocenters. The number of ether oxygens (including phenoxy) is 1. The van der Waals surface area contributed by atoms with Gasteiger partial charge in [-0.15, -0.1) is 0 Å². The summed E-state index contributed by atoms with van der Waals surface area (Å²) in [7, 11) is 1.51. The Kier molecular flexibility index (Phi) is 7.25. The fourth-order valence-electron chi connectivity index (χ4n) is 3.33. The van der Waals surface area contributed by atoms with E-state index in [2.05, 4.69) is 10.6 Å². The summed E-state index contributed by atoms with van der Waals surface area (Å²) in [5, 5.41) is 16.6. The highest BCUT2D eigenvalue weighted by Crippen LogP contribution is 2.31. The van der Waals surface area contributed by atoms with Crippen LogP contribution in [0.1, 0.15) is 21.9 Å². The first-order chi connectivity index (χ1) is 17.4. The molecule has 10 heteroatoms. The first-order valence-electron chi connectivity index (χ1n) is 10.8. The molecular weight excluding hydrogens is 466 g/mol. The molecule has 4 aromatic rings. The molecule has 2 N–H and O–H groups in total. The van der Waals surface area contributed by atoms with E-state index in [0.717, 1.165) is 0 Å². The number of nitro groups is 1. The van der Waals surface area contributed by atoms with E-state index in [1.54, 1.807) is 66.7 Å². The van der Waals surface area contributed by atoms with Gasteiger partial charge < -0.3 is 24.2 Å². The third-order valence-corrected chi connectivity index (χ3v) is 5.13. The minimum absolute atomic E-state index is 0.0918. The zero-order chi connectivity index (χ0) is 25.5. The van der Waals surface area contributed by atoms with Gasteiger partial charge >= 0.3 is 0 Å². The van der Waals surface area contributed by atoms with Gasteiger partial charge in [-0.1, -0.05) is 12.1 Å². The molecule has 0 saturated heterocycles. The Labute approximate surface area is 205 Å². The molecule has 2 amide bonds. The molecule has 0 fully saturated rings. The molecule has 0 bridgehead atoms. The van der Waals surface area contributed by atoms with E-state index in [0.29, 0.717) is 17.1 Å². The predicted octanol–water partition coefficient (Wildman–Crippen LogP) is 4.54. The first-order valence-corrected chi connectivity index (χ1v) is 10.8. The van der Waals surface area contributed by atoms with Crippen LogP contribution in [0.15, 0.2) is 93.6 Å². The largest absolute Gasteiger partial charge is 0.497 e. The maximum atomic E-state index is 12.9. The second-order valence-corrected chi connectivity index (χ2v) is 7.48. The van der Waals surface area contributed by atoms with Crippen LogP contribution in [0.4, 0.5) is 5.69 Å². The maximum Gasteiger partial charge on any atom is 0.280 e. The number of carbonyl (C=O) groups excluding carboxylic acids is 2. The van der Waals surface area contributed by atoms with E-state index < -0.39 is 16.7 Å². The van der Waals surface area contributed by atoms with Gasteiger partial charge in [0.1, 0.15) is 28.7 Å². The average molecular weight is 487 g/mol. The van der Waals surface area contributed by atoms with Gasteiger partial charge in [0.05, 0.1) is 30.4 Å². The molecule has 0 saturated carbocycles. The zero-order valence-corrected chi connectivity index (χ0v) is 19.1. The van der Waals surface area contributed by atoms with Gasteiger partial charge in [-0.3, -0.25) is 19.7 Å². The average Bonchev–Trinajstić information content (AvgIpc) is 3.59. The van der Waals surface area contributed by atoms with Gasteiger partial charge in [0.2, 0.25) is 0 Å². The number of nitrogens with one attached hydrogen (secondary N) is 2. The van der Waals surface area contributed by atoms with Crippen LogP contribution in [0.3, 0.4) is 0 Å². The van der Waals surface area contributed by atoms with Crippen molar-refractivity contribution < 1.29 is 28.1 Å². The fraction of sp³-hybridized carbons (Fsp3) is 0.0769. The first kappa shape index (κ1) is 24.0. The fourth-order valence-corrected chi connectivity index (χ4v) is 3.33. The molecule has 10 nitrogen and oxygen atoms in total. The lowest BCUT2D eigenvalue weighted by atomic mass is 10.1. The van der Waals surface area contributed by atoms with Crippen molar-refractivity contribution in [3.05, 3.63) is 112 Å². The van der Waals surface area contributed by atoms with Crippen molar-refractivity contribution in [2.24, 2.45) is 0 Å². The number of furan rings is 2. The van der Waals surface area contributed by atoms with Crippen LogP contribution in [0, 0.1) is 10.1 Å². The van der Waals surface area contributed by atoms with Crippen molar-refractivity contribution in [3.63, 3.8) is 0 Å². The summed E-state index contributed by atoms with van der Waals surface area (Å²) >= 11 is 0. The Balaban J connectivity index is 1.61. The van der Waals surface area contributed by atoms with Crippen molar-refractivity contribution in [3.8, 4) is 17.1 Å². The molecule has 2 heterocycles. The highest BCUT2D eigenvalue weighted by atomic mass is 16.6. The minimum Gasteiger partial charge on any atom is -0.497 e. The molecule has 2 aromatic heterocycles. The Morgan fingerprint density at radius 3 is 2.50 bits per heavy atom. The van der Waals surface area contributed by atoms with Crippen LogP contribution >= 0.6 is 0 Å². The Hall–Kier alpha value is -5.12. The number of amides is 2. The number of hydrogen-bond donors (Lipinski definition) is 2. The third kappa shape index (κ3) is 5.68. The molecule has 182 valence electrons. The molecule has 0 spiro atoms. The second kappa shape index (κ2) is 10.9. The summed E-state index contributed by atoms with van der Waals surface area (Å²) < 4.78 is 16.1. The zero-order valence-electron chi connectivity index (χ0n) is 19.1. The van der Waals surface area contributed by atoms with Crippen molar-refractivity contribution in [2.45, 2.75) is 6.54 Å². The van der Waals surface area contributed by atoms with Gasteiger partial charge in [0.25, 0.3) is 17.5 Å². The molecule has 0 radical (unpaired) electrons. The summed E-state index contributed by atoms with van der Waals surface area (Å²) in [5.41, 5.74) is 0.381. The molecular formula is C26H21N3O7. The standard InChI is InChI=1S/C26H21N3O7/c1-34-18-10-8-17(9-11-18)25(30)28-22(26(31)27-16-20-5-4-14-35-20)15-19-12-13-24(36-19)21-6-2-3-7-23(21)29(32)33/h2-15H,16H2,1H3,(H,27,31)(H,28,30). The van der Waals surface area contributed by atoms with E-state index in [9.17, 15) is 19.7 Å². The summed E-state index contributed by atoms with van der Waals surface area (Å²) in [4.78, 5) is 36.6. The maximum absolute atomic E-state index is 12.9. The molecule has 0 aliphatic carbocycles. The lowest BCUT2D eigenvalue weighted by Gasteiger charge is -2.10. The van der Waals surface area contributed by atoms with Gasteiger partial charge in [-0.05, 0) is 54.6 Å². The Morgan fingerprint density at radius 1 is 1.03 bits per heavy atom. The topological polar surface area (TPSA) is 137 Å². The lowest BCUT2D eigenvalue weighted by molar-refractivity contribution is -0.384. The third-order valence-electron chi connectivity index (χ3n) is 5.13. The van der Waals surface area contributed by atoms with Gasteiger partial charge in [-0.2, -0.15) is 0 Å². The van der Waals surface area contributed by atoms with Crippen LogP contribution in [-0.4, -0.2) is 23.8 Å². The van der Waals surface area contributed by atoms with Crippen molar-refractivity contribution >= 4 is 23.6 Å². The van der Waals surface area contributed by atoms with Crippen LogP contribution in [0.2, 0.25) is 0 Å². The predicted molar refractivity (Wildman–Crippen MR) is 130 cm³/mol. The van der Waals surface area contributed by atoms with Crippen molar-refractivity contribution in [1.82, 2.24) is 10.6 Å². The number of nitro benzene ring substituents is 1. The van der Waals surface area contributed by atoms with Crippen LogP contribution in [0.25, 0.3) is 17.4 Å². The molecule has 0 aliphatic rings. The second-order valence-electron chi connectivity index (χ2n) is 7.48. The molecule has 4 rings (SSSR count). The normalized spacial score (nSPS) is 11.1. The number of benzene rings is 2. The highest BCUT2D eigenvalue weighted by molar-refractivity contribution is 6.05. The number of nitrogens with zero attached hydrogens (tertiary/aromatic N) is 1. The van der Waals surface area contributed by atoms with Crippen LogP contribution in [-0.2, 0) is 11.3 Å². The highest BCUT2D eigenvalue weighted by Gasteiger charge is 2.19.